The first-order valence-electron chi connectivity index (χ1n) is 6.26. The fraction of sp³-hybridized carbons (Fsp3) is 0.500. The number of hydrogen-bond acceptors (Lipinski definition) is 3. The fourth-order valence-electron chi connectivity index (χ4n) is 1.79. The molecule has 19 heavy (non-hydrogen) atoms. The molecule has 1 aromatic rings. The van der Waals surface area contributed by atoms with E-state index in [0.717, 1.165) is 5.56 Å². The molecule has 1 unspecified atom stereocenters. The second-order valence-corrected chi connectivity index (χ2v) is 4.70. The highest BCUT2D eigenvalue weighted by atomic mass is 19.1. The summed E-state index contributed by atoms with van der Waals surface area (Å²) < 4.78 is 18.4. The van der Waals surface area contributed by atoms with Gasteiger partial charge in [0.1, 0.15) is 11.6 Å². The molecule has 0 heterocycles. The summed E-state index contributed by atoms with van der Waals surface area (Å²) in [4.78, 5) is 13.3. The van der Waals surface area contributed by atoms with Gasteiger partial charge in [-0.25, -0.2) is 4.39 Å². The third kappa shape index (κ3) is 4.87. The lowest BCUT2D eigenvalue weighted by Gasteiger charge is -2.19. The second-order valence-electron chi connectivity index (χ2n) is 4.70. The van der Waals surface area contributed by atoms with Crippen LogP contribution in [0.4, 0.5) is 4.39 Å². The lowest BCUT2D eigenvalue weighted by Crippen LogP contribution is -2.33. The van der Waals surface area contributed by atoms with E-state index >= 15 is 0 Å². The Morgan fingerprint density at radius 2 is 2.21 bits per heavy atom. The first-order valence-corrected chi connectivity index (χ1v) is 6.26. The zero-order chi connectivity index (χ0) is 14.4. The van der Waals surface area contributed by atoms with Crippen LogP contribution in [0.15, 0.2) is 18.2 Å². The van der Waals surface area contributed by atoms with Gasteiger partial charge in [0.25, 0.3) is 0 Å². The van der Waals surface area contributed by atoms with Crippen molar-refractivity contribution < 1.29 is 13.9 Å². The predicted molar refractivity (Wildman–Crippen MR) is 72.6 cm³/mol. The van der Waals surface area contributed by atoms with E-state index in [0.29, 0.717) is 25.1 Å². The van der Waals surface area contributed by atoms with Gasteiger partial charge >= 0.3 is 0 Å². The third-order valence-corrected chi connectivity index (χ3v) is 2.88. The van der Waals surface area contributed by atoms with Crippen LogP contribution >= 0.6 is 0 Å². The summed E-state index contributed by atoms with van der Waals surface area (Å²) in [7, 11) is 3.26. The van der Waals surface area contributed by atoms with Gasteiger partial charge in [-0.15, -0.1) is 0 Å². The molecule has 2 N–H and O–H groups in total. The molecule has 0 spiro atoms. The van der Waals surface area contributed by atoms with E-state index in [1.807, 2.05) is 0 Å². The van der Waals surface area contributed by atoms with Gasteiger partial charge < -0.3 is 15.4 Å². The topological polar surface area (TPSA) is 55.6 Å². The average molecular weight is 268 g/mol. The van der Waals surface area contributed by atoms with Crippen molar-refractivity contribution in [2.75, 3.05) is 20.7 Å². The standard InChI is InChI=1S/C14H21FN2O2/c1-10(16)8-14(18)17(2)7-6-11-9-12(15)4-5-13(11)19-3/h4-5,9-10H,6-8,16H2,1-3H3. The van der Waals surface area contributed by atoms with Crippen LogP contribution in [0.1, 0.15) is 18.9 Å². The number of likely N-dealkylation sites (N-methyl/N-ethyl adjacent to an activating group) is 1. The SMILES string of the molecule is COc1ccc(F)cc1CCN(C)C(=O)CC(C)N. The molecule has 0 bridgehead atoms. The van der Waals surface area contributed by atoms with Gasteiger partial charge in [-0.05, 0) is 37.1 Å². The van der Waals surface area contributed by atoms with E-state index in [9.17, 15) is 9.18 Å². The zero-order valence-corrected chi connectivity index (χ0v) is 11.6. The molecular formula is C14H21FN2O2. The van der Waals surface area contributed by atoms with Crippen molar-refractivity contribution in [2.24, 2.45) is 5.73 Å². The van der Waals surface area contributed by atoms with Crippen LogP contribution in [-0.2, 0) is 11.2 Å². The summed E-state index contributed by atoms with van der Waals surface area (Å²) >= 11 is 0. The number of benzene rings is 1. The minimum Gasteiger partial charge on any atom is -0.496 e. The molecule has 0 saturated carbocycles. The Hall–Kier alpha value is -1.62. The minimum absolute atomic E-state index is 0.00892. The first-order chi connectivity index (χ1) is 8.93. The van der Waals surface area contributed by atoms with Crippen molar-refractivity contribution in [1.29, 1.82) is 0 Å². The molecule has 0 aliphatic carbocycles. The number of nitrogens with zero attached hydrogens (tertiary/aromatic N) is 1. The number of rotatable bonds is 6. The molecular weight excluding hydrogens is 247 g/mol. The van der Waals surface area contributed by atoms with Crippen LogP contribution in [0.5, 0.6) is 5.75 Å². The fourth-order valence-corrected chi connectivity index (χ4v) is 1.79. The Bertz CT molecular complexity index is 435. The highest BCUT2D eigenvalue weighted by molar-refractivity contribution is 5.76. The number of amides is 1. The number of nitrogens with two attached hydrogens (primary N) is 1. The molecule has 1 atom stereocenters. The van der Waals surface area contributed by atoms with Crippen LogP contribution < -0.4 is 10.5 Å². The van der Waals surface area contributed by atoms with Gasteiger partial charge in [0.15, 0.2) is 0 Å². The van der Waals surface area contributed by atoms with E-state index in [-0.39, 0.29) is 17.8 Å². The molecule has 106 valence electrons. The average Bonchev–Trinajstić information content (AvgIpc) is 2.35. The van der Waals surface area contributed by atoms with E-state index in [1.165, 1.54) is 12.1 Å². The molecule has 0 aromatic heterocycles. The maximum Gasteiger partial charge on any atom is 0.223 e. The summed E-state index contributed by atoms with van der Waals surface area (Å²) in [5.74, 6) is 0.320. The Labute approximate surface area is 113 Å². The maximum absolute atomic E-state index is 13.2. The predicted octanol–water partition coefficient (Wildman–Crippen LogP) is 1.57. The highest BCUT2D eigenvalue weighted by Gasteiger charge is 2.12. The number of ether oxygens (including phenoxy) is 1. The van der Waals surface area contributed by atoms with Crippen molar-refractivity contribution >= 4 is 5.91 Å². The van der Waals surface area contributed by atoms with Crippen molar-refractivity contribution in [3.8, 4) is 5.75 Å². The van der Waals surface area contributed by atoms with Crippen molar-refractivity contribution in [3.63, 3.8) is 0 Å². The summed E-state index contributed by atoms with van der Waals surface area (Å²) in [6.07, 6.45) is 0.860. The Balaban J connectivity index is 2.61. The quantitative estimate of drug-likeness (QED) is 0.852. The van der Waals surface area contributed by atoms with Crippen LogP contribution in [0, 0.1) is 5.82 Å². The molecule has 1 amide bonds. The van der Waals surface area contributed by atoms with Crippen molar-refractivity contribution in [1.82, 2.24) is 4.90 Å². The molecule has 0 aliphatic heterocycles. The summed E-state index contributed by atoms with van der Waals surface area (Å²) in [5.41, 5.74) is 6.34. The summed E-state index contributed by atoms with van der Waals surface area (Å²) in [6.45, 7) is 2.30. The number of halogens is 1. The number of carbonyl (C=O) groups excluding carboxylic acids is 1. The van der Waals surface area contributed by atoms with Crippen LogP contribution in [-0.4, -0.2) is 37.6 Å². The Morgan fingerprint density at radius 1 is 1.53 bits per heavy atom. The van der Waals surface area contributed by atoms with E-state index in [1.54, 1.807) is 32.0 Å². The monoisotopic (exact) mass is 268 g/mol. The maximum atomic E-state index is 13.2. The van der Waals surface area contributed by atoms with E-state index in [4.69, 9.17) is 10.5 Å². The van der Waals surface area contributed by atoms with Crippen LogP contribution in [0.25, 0.3) is 0 Å². The smallest absolute Gasteiger partial charge is 0.223 e. The molecule has 5 heteroatoms. The van der Waals surface area contributed by atoms with Crippen LogP contribution in [0.3, 0.4) is 0 Å². The Morgan fingerprint density at radius 3 is 2.79 bits per heavy atom. The molecule has 4 nitrogen and oxygen atoms in total. The first kappa shape index (κ1) is 15.4. The van der Waals surface area contributed by atoms with Gasteiger partial charge in [-0.3, -0.25) is 4.79 Å². The minimum atomic E-state index is -0.305. The highest BCUT2D eigenvalue weighted by Crippen LogP contribution is 2.20. The van der Waals surface area contributed by atoms with E-state index in [2.05, 4.69) is 0 Å². The number of methoxy groups -OCH3 is 1. The van der Waals surface area contributed by atoms with Gasteiger partial charge in [0.05, 0.1) is 7.11 Å². The summed E-state index contributed by atoms with van der Waals surface area (Å²) in [6, 6.07) is 4.23. The zero-order valence-electron chi connectivity index (χ0n) is 11.6. The van der Waals surface area contributed by atoms with Crippen molar-refractivity contribution in [3.05, 3.63) is 29.6 Å². The molecule has 1 rings (SSSR count). The molecule has 0 radical (unpaired) electrons. The molecule has 1 aromatic carbocycles. The lowest BCUT2D eigenvalue weighted by atomic mass is 10.1. The number of carbonyl (C=O) groups is 1. The largest absolute Gasteiger partial charge is 0.496 e. The Kier molecular flexibility index (Phi) is 5.76. The van der Waals surface area contributed by atoms with Gasteiger partial charge in [-0.2, -0.15) is 0 Å². The molecule has 0 aliphatic rings. The third-order valence-electron chi connectivity index (χ3n) is 2.88. The van der Waals surface area contributed by atoms with Gasteiger partial charge in [0, 0.05) is 26.1 Å². The van der Waals surface area contributed by atoms with E-state index < -0.39 is 0 Å². The van der Waals surface area contributed by atoms with Crippen LogP contribution in [0.2, 0.25) is 0 Å². The lowest BCUT2D eigenvalue weighted by molar-refractivity contribution is -0.130. The number of hydrogen-bond donors (Lipinski definition) is 1. The summed E-state index contributed by atoms with van der Waals surface area (Å²) in [5, 5.41) is 0. The van der Waals surface area contributed by atoms with Gasteiger partial charge in [-0.1, -0.05) is 0 Å². The molecule has 0 saturated heterocycles. The van der Waals surface area contributed by atoms with Gasteiger partial charge in [0.2, 0.25) is 5.91 Å². The molecule has 0 fully saturated rings. The van der Waals surface area contributed by atoms with Crippen molar-refractivity contribution in [2.45, 2.75) is 25.8 Å². The second kappa shape index (κ2) is 7.09. The normalized spacial score (nSPS) is 12.1.